The summed E-state index contributed by atoms with van der Waals surface area (Å²) >= 11 is 5.90. The van der Waals surface area contributed by atoms with E-state index in [2.05, 4.69) is 21.6 Å². The number of hydrogen-bond donors (Lipinski definition) is 2. The van der Waals surface area contributed by atoms with Gasteiger partial charge in [0.1, 0.15) is 10.7 Å². The second-order valence-electron chi connectivity index (χ2n) is 4.14. The Hall–Kier alpha value is -2.05. The number of anilines is 2. The zero-order chi connectivity index (χ0) is 15.3. The number of nitrogens with one attached hydrogen (secondary N) is 2. The van der Waals surface area contributed by atoms with Gasteiger partial charge in [0.05, 0.1) is 16.9 Å². The van der Waals surface area contributed by atoms with E-state index in [0.717, 1.165) is 5.69 Å². The number of pyridine rings is 1. The van der Waals surface area contributed by atoms with Crippen LogP contribution in [0.5, 0.6) is 0 Å². The molecule has 0 radical (unpaired) electrons. The van der Waals surface area contributed by atoms with Gasteiger partial charge in [-0.2, -0.15) is 0 Å². The van der Waals surface area contributed by atoms with Crippen molar-refractivity contribution in [2.24, 2.45) is 0 Å². The lowest BCUT2D eigenvalue weighted by atomic mass is 10.4. The SMILES string of the molecule is C=CCNc1ccc(NS(=O)(=O)c2ccccc2Cl)nc1. The highest BCUT2D eigenvalue weighted by molar-refractivity contribution is 7.92. The first kappa shape index (κ1) is 15.3. The molecule has 2 aromatic rings. The van der Waals surface area contributed by atoms with Crippen molar-refractivity contribution in [2.75, 3.05) is 16.6 Å². The number of sulfonamides is 1. The van der Waals surface area contributed by atoms with Gasteiger partial charge in [-0.05, 0) is 24.3 Å². The minimum Gasteiger partial charge on any atom is -0.380 e. The van der Waals surface area contributed by atoms with E-state index >= 15 is 0 Å². The highest BCUT2D eigenvalue weighted by Gasteiger charge is 2.17. The molecule has 0 aliphatic heterocycles. The van der Waals surface area contributed by atoms with Gasteiger partial charge < -0.3 is 5.32 Å². The van der Waals surface area contributed by atoms with Gasteiger partial charge in [-0.25, -0.2) is 13.4 Å². The lowest BCUT2D eigenvalue weighted by Crippen LogP contribution is -2.14. The van der Waals surface area contributed by atoms with Crippen molar-refractivity contribution >= 4 is 33.1 Å². The van der Waals surface area contributed by atoms with Crippen LogP contribution in [0.3, 0.4) is 0 Å². The molecule has 0 saturated heterocycles. The predicted octanol–water partition coefficient (Wildman–Crippen LogP) is 3.13. The molecule has 2 N–H and O–H groups in total. The highest BCUT2D eigenvalue weighted by Crippen LogP contribution is 2.22. The third-order valence-corrected chi connectivity index (χ3v) is 4.43. The Morgan fingerprint density at radius 2 is 2.00 bits per heavy atom. The van der Waals surface area contributed by atoms with Crippen LogP contribution in [0.1, 0.15) is 0 Å². The molecule has 0 bridgehead atoms. The van der Waals surface area contributed by atoms with Gasteiger partial charge in [0, 0.05) is 6.54 Å². The first-order chi connectivity index (χ1) is 10.0. The molecule has 1 aromatic heterocycles. The minimum absolute atomic E-state index is 0.0160. The molecule has 0 aliphatic rings. The Labute approximate surface area is 128 Å². The molecule has 5 nitrogen and oxygen atoms in total. The maximum absolute atomic E-state index is 12.2. The Bertz CT molecular complexity index is 730. The number of hydrogen-bond acceptors (Lipinski definition) is 4. The van der Waals surface area contributed by atoms with Crippen LogP contribution in [-0.2, 0) is 10.0 Å². The molecule has 1 aromatic carbocycles. The molecule has 0 spiro atoms. The molecule has 21 heavy (non-hydrogen) atoms. The van der Waals surface area contributed by atoms with Crippen molar-refractivity contribution in [1.29, 1.82) is 0 Å². The van der Waals surface area contributed by atoms with Crippen LogP contribution in [0.2, 0.25) is 5.02 Å². The average Bonchev–Trinajstić information content (AvgIpc) is 2.46. The van der Waals surface area contributed by atoms with Gasteiger partial charge in [-0.15, -0.1) is 6.58 Å². The number of nitrogens with zero attached hydrogens (tertiary/aromatic N) is 1. The lowest BCUT2D eigenvalue weighted by molar-refractivity contribution is 0.601. The smallest absolute Gasteiger partial charge is 0.264 e. The van der Waals surface area contributed by atoms with Crippen molar-refractivity contribution in [3.05, 3.63) is 60.3 Å². The molecule has 0 aliphatic carbocycles. The lowest BCUT2D eigenvalue weighted by Gasteiger charge is -2.09. The summed E-state index contributed by atoms with van der Waals surface area (Å²) in [5.74, 6) is 0.221. The van der Waals surface area contributed by atoms with Crippen LogP contribution in [0, 0.1) is 0 Å². The molecule has 110 valence electrons. The molecule has 2 rings (SSSR count). The van der Waals surface area contributed by atoms with Crippen LogP contribution in [0.4, 0.5) is 11.5 Å². The van der Waals surface area contributed by atoms with Crippen molar-refractivity contribution in [3.8, 4) is 0 Å². The summed E-state index contributed by atoms with van der Waals surface area (Å²) in [5, 5.41) is 3.21. The van der Waals surface area contributed by atoms with Gasteiger partial charge in [0.2, 0.25) is 0 Å². The van der Waals surface area contributed by atoms with Gasteiger partial charge in [-0.3, -0.25) is 4.72 Å². The van der Waals surface area contributed by atoms with E-state index in [9.17, 15) is 8.42 Å². The molecule has 1 heterocycles. The first-order valence-corrected chi connectivity index (χ1v) is 7.97. The Morgan fingerprint density at radius 3 is 2.62 bits per heavy atom. The highest BCUT2D eigenvalue weighted by atomic mass is 35.5. The van der Waals surface area contributed by atoms with Crippen molar-refractivity contribution < 1.29 is 8.42 Å². The van der Waals surface area contributed by atoms with E-state index in [1.807, 2.05) is 0 Å². The van der Waals surface area contributed by atoms with Crippen LogP contribution in [0.25, 0.3) is 0 Å². The van der Waals surface area contributed by atoms with Gasteiger partial charge in [0.15, 0.2) is 0 Å². The fraction of sp³-hybridized carbons (Fsp3) is 0.0714. The van der Waals surface area contributed by atoms with Crippen LogP contribution in [-0.4, -0.2) is 19.9 Å². The fourth-order valence-electron chi connectivity index (χ4n) is 1.60. The fourth-order valence-corrected chi connectivity index (χ4v) is 3.13. The average molecular weight is 324 g/mol. The van der Waals surface area contributed by atoms with Gasteiger partial charge in [0.25, 0.3) is 10.0 Å². The maximum atomic E-state index is 12.2. The number of halogens is 1. The number of rotatable bonds is 6. The van der Waals surface area contributed by atoms with Crippen LogP contribution >= 0.6 is 11.6 Å². The summed E-state index contributed by atoms with van der Waals surface area (Å²) in [6.45, 7) is 4.20. The molecule has 0 saturated carbocycles. The summed E-state index contributed by atoms with van der Waals surface area (Å²) in [4.78, 5) is 4.06. The van der Waals surface area contributed by atoms with E-state index in [1.165, 1.54) is 18.3 Å². The van der Waals surface area contributed by atoms with E-state index in [1.54, 1.807) is 30.3 Å². The summed E-state index contributed by atoms with van der Waals surface area (Å²) in [6, 6.07) is 9.52. The van der Waals surface area contributed by atoms with Crippen LogP contribution < -0.4 is 10.0 Å². The van der Waals surface area contributed by atoms with Crippen molar-refractivity contribution in [3.63, 3.8) is 0 Å². The number of benzene rings is 1. The summed E-state index contributed by atoms with van der Waals surface area (Å²) < 4.78 is 26.8. The maximum Gasteiger partial charge on any atom is 0.264 e. The second kappa shape index (κ2) is 6.60. The van der Waals surface area contributed by atoms with Gasteiger partial charge in [-0.1, -0.05) is 29.8 Å². The summed E-state index contributed by atoms with van der Waals surface area (Å²) in [5.41, 5.74) is 0.774. The Balaban J connectivity index is 2.17. The standard InChI is InChI=1S/C14H14ClN3O2S/c1-2-9-16-11-7-8-14(17-10-11)18-21(19,20)13-6-4-3-5-12(13)15/h2-8,10,16H,1,9H2,(H,17,18). The normalized spacial score (nSPS) is 10.9. The Morgan fingerprint density at radius 1 is 1.24 bits per heavy atom. The summed E-state index contributed by atoms with van der Waals surface area (Å²) in [6.07, 6.45) is 3.25. The first-order valence-electron chi connectivity index (χ1n) is 6.11. The van der Waals surface area contributed by atoms with Crippen molar-refractivity contribution in [2.45, 2.75) is 4.90 Å². The van der Waals surface area contributed by atoms with E-state index in [0.29, 0.717) is 6.54 Å². The largest absolute Gasteiger partial charge is 0.380 e. The van der Waals surface area contributed by atoms with Gasteiger partial charge >= 0.3 is 0 Å². The minimum atomic E-state index is -3.75. The number of aromatic nitrogens is 1. The zero-order valence-corrected chi connectivity index (χ0v) is 12.7. The molecule has 0 unspecified atom stereocenters. The second-order valence-corrected chi connectivity index (χ2v) is 6.20. The monoisotopic (exact) mass is 323 g/mol. The summed E-state index contributed by atoms with van der Waals surface area (Å²) in [7, 11) is -3.75. The predicted molar refractivity (Wildman–Crippen MR) is 85.2 cm³/mol. The molecule has 0 amide bonds. The quantitative estimate of drug-likeness (QED) is 0.801. The van der Waals surface area contributed by atoms with E-state index in [4.69, 9.17) is 11.6 Å². The van der Waals surface area contributed by atoms with E-state index < -0.39 is 10.0 Å². The Kier molecular flexibility index (Phi) is 4.82. The van der Waals surface area contributed by atoms with Crippen LogP contribution in [0.15, 0.2) is 60.1 Å². The van der Waals surface area contributed by atoms with Crippen molar-refractivity contribution in [1.82, 2.24) is 4.98 Å². The third-order valence-electron chi connectivity index (χ3n) is 2.58. The molecular formula is C14H14ClN3O2S. The molecule has 0 atom stereocenters. The molecule has 0 fully saturated rings. The third kappa shape index (κ3) is 3.96. The topological polar surface area (TPSA) is 71.1 Å². The van der Waals surface area contributed by atoms with E-state index in [-0.39, 0.29) is 15.7 Å². The molecule has 7 heteroatoms. The zero-order valence-electron chi connectivity index (χ0n) is 11.1. The molecular weight excluding hydrogens is 310 g/mol.